The number of aromatic nitrogens is 2. The SMILES string of the molecule is CCC1CCCc2c(C)[nH]c(C=C3N=C(c4ccc[nH]4)C=C3OC)c21. The molecule has 0 saturated carbocycles. The Morgan fingerprint density at radius 1 is 1.40 bits per heavy atom. The van der Waals surface area contributed by atoms with E-state index in [4.69, 9.17) is 9.73 Å². The van der Waals surface area contributed by atoms with Crippen molar-refractivity contribution in [3.8, 4) is 0 Å². The van der Waals surface area contributed by atoms with Crippen molar-refractivity contribution in [3.63, 3.8) is 0 Å². The Bertz CT molecular complexity index is 865. The third kappa shape index (κ3) is 2.76. The summed E-state index contributed by atoms with van der Waals surface area (Å²) in [4.78, 5) is 11.6. The van der Waals surface area contributed by atoms with Crippen LogP contribution in [0.5, 0.6) is 0 Å². The van der Waals surface area contributed by atoms with E-state index < -0.39 is 0 Å². The fraction of sp³-hybridized carbons (Fsp3) is 0.381. The highest BCUT2D eigenvalue weighted by atomic mass is 16.5. The van der Waals surface area contributed by atoms with Gasteiger partial charge in [-0.1, -0.05) is 6.92 Å². The van der Waals surface area contributed by atoms with Crippen molar-refractivity contribution in [3.05, 3.63) is 64.1 Å². The van der Waals surface area contributed by atoms with Crippen LogP contribution in [0.25, 0.3) is 6.08 Å². The monoisotopic (exact) mass is 335 g/mol. The highest BCUT2D eigenvalue weighted by molar-refractivity contribution is 6.11. The predicted molar refractivity (Wildman–Crippen MR) is 102 cm³/mol. The molecule has 0 amide bonds. The van der Waals surface area contributed by atoms with Gasteiger partial charge in [0.25, 0.3) is 0 Å². The summed E-state index contributed by atoms with van der Waals surface area (Å²) in [7, 11) is 1.71. The van der Waals surface area contributed by atoms with Gasteiger partial charge in [-0.15, -0.1) is 0 Å². The van der Waals surface area contributed by atoms with Crippen molar-refractivity contribution in [2.24, 2.45) is 4.99 Å². The standard InChI is InChI=1S/C21H25N3O/c1-4-14-7-5-8-15-13(2)23-19(21(14)15)11-18-20(25-3)12-17(24-18)16-9-6-10-22-16/h6,9-12,14,22-23H,4-5,7-8H2,1-3H3. The minimum atomic E-state index is 0.642. The maximum absolute atomic E-state index is 5.58. The van der Waals surface area contributed by atoms with E-state index in [-0.39, 0.29) is 0 Å². The molecular weight excluding hydrogens is 310 g/mol. The molecule has 1 aliphatic heterocycles. The zero-order valence-corrected chi connectivity index (χ0v) is 15.1. The van der Waals surface area contributed by atoms with Gasteiger partial charge in [-0.25, -0.2) is 4.99 Å². The second kappa shape index (κ2) is 6.43. The van der Waals surface area contributed by atoms with E-state index >= 15 is 0 Å². The van der Waals surface area contributed by atoms with Gasteiger partial charge in [-0.3, -0.25) is 0 Å². The number of ether oxygens (including phenoxy) is 1. The Hall–Kier alpha value is -2.49. The van der Waals surface area contributed by atoms with Gasteiger partial charge < -0.3 is 14.7 Å². The molecule has 4 heteroatoms. The molecule has 4 nitrogen and oxygen atoms in total. The summed E-state index contributed by atoms with van der Waals surface area (Å²) >= 11 is 0. The van der Waals surface area contributed by atoms with Gasteiger partial charge in [0.15, 0.2) is 0 Å². The maximum Gasteiger partial charge on any atom is 0.146 e. The summed E-state index contributed by atoms with van der Waals surface area (Å²) in [6, 6.07) is 4.01. The maximum atomic E-state index is 5.58. The number of H-pyrrole nitrogens is 2. The molecule has 2 aromatic heterocycles. The lowest BCUT2D eigenvalue weighted by Gasteiger charge is -2.22. The van der Waals surface area contributed by atoms with Gasteiger partial charge in [0.05, 0.1) is 18.5 Å². The minimum absolute atomic E-state index is 0.642. The molecule has 0 bridgehead atoms. The molecule has 1 unspecified atom stereocenters. The van der Waals surface area contributed by atoms with E-state index in [9.17, 15) is 0 Å². The number of hydrogen-bond donors (Lipinski definition) is 2. The molecule has 2 aromatic rings. The zero-order chi connectivity index (χ0) is 17.4. The predicted octanol–water partition coefficient (Wildman–Crippen LogP) is 4.86. The Kier molecular flexibility index (Phi) is 4.12. The van der Waals surface area contributed by atoms with E-state index in [0.717, 1.165) is 22.9 Å². The summed E-state index contributed by atoms with van der Waals surface area (Å²) < 4.78 is 5.58. The molecule has 25 heavy (non-hydrogen) atoms. The number of aliphatic imine (C=N–C) groups is 1. The first-order chi connectivity index (χ1) is 12.2. The van der Waals surface area contributed by atoms with Gasteiger partial charge in [-0.2, -0.15) is 0 Å². The second-order valence-electron chi connectivity index (χ2n) is 6.88. The third-order valence-electron chi connectivity index (χ3n) is 5.41. The van der Waals surface area contributed by atoms with Crippen LogP contribution in [-0.4, -0.2) is 22.8 Å². The van der Waals surface area contributed by atoms with Crippen LogP contribution in [0.4, 0.5) is 0 Å². The van der Waals surface area contributed by atoms with Crippen LogP contribution in [0.2, 0.25) is 0 Å². The normalized spacial score (nSPS) is 21.2. The molecule has 0 spiro atoms. The molecule has 0 fully saturated rings. The van der Waals surface area contributed by atoms with Crippen LogP contribution in [0.15, 0.2) is 40.9 Å². The smallest absolute Gasteiger partial charge is 0.146 e. The molecule has 0 radical (unpaired) electrons. The molecule has 0 saturated heterocycles. The van der Waals surface area contributed by atoms with E-state index in [1.807, 2.05) is 24.4 Å². The van der Waals surface area contributed by atoms with E-state index in [1.165, 1.54) is 48.2 Å². The van der Waals surface area contributed by atoms with Crippen LogP contribution in [0, 0.1) is 6.92 Å². The molecule has 0 aromatic carbocycles. The summed E-state index contributed by atoms with van der Waals surface area (Å²) in [5, 5.41) is 0. The van der Waals surface area contributed by atoms with Gasteiger partial charge in [0.1, 0.15) is 11.5 Å². The number of nitrogens with one attached hydrogen (secondary N) is 2. The number of fused-ring (bicyclic) bond motifs is 1. The van der Waals surface area contributed by atoms with Crippen molar-refractivity contribution < 1.29 is 4.74 Å². The van der Waals surface area contributed by atoms with E-state index in [1.54, 1.807) is 7.11 Å². The number of nitrogens with zero attached hydrogens (tertiary/aromatic N) is 1. The first-order valence-electron chi connectivity index (χ1n) is 9.12. The fourth-order valence-corrected chi connectivity index (χ4v) is 4.14. The van der Waals surface area contributed by atoms with Crippen molar-refractivity contribution in [1.82, 2.24) is 9.97 Å². The molecule has 3 heterocycles. The zero-order valence-electron chi connectivity index (χ0n) is 15.1. The van der Waals surface area contributed by atoms with Crippen LogP contribution in [0.3, 0.4) is 0 Å². The second-order valence-corrected chi connectivity index (χ2v) is 6.88. The number of allylic oxidation sites excluding steroid dienone is 1. The molecule has 1 aliphatic carbocycles. The lowest BCUT2D eigenvalue weighted by molar-refractivity contribution is 0.303. The van der Waals surface area contributed by atoms with Crippen molar-refractivity contribution in [1.29, 1.82) is 0 Å². The average molecular weight is 335 g/mol. The van der Waals surface area contributed by atoms with Gasteiger partial charge >= 0.3 is 0 Å². The van der Waals surface area contributed by atoms with E-state index in [0.29, 0.717) is 5.92 Å². The Morgan fingerprint density at radius 2 is 2.28 bits per heavy atom. The summed E-state index contributed by atoms with van der Waals surface area (Å²) in [6.07, 6.45) is 11.0. The lowest BCUT2D eigenvalue weighted by atomic mass is 9.81. The summed E-state index contributed by atoms with van der Waals surface area (Å²) in [6.45, 7) is 4.48. The van der Waals surface area contributed by atoms with Gasteiger partial charge in [0.2, 0.25) is 0 Å². The number of aromatic amines is 2. The largest absolute Gasteiger partial charge is 0.494 e. The quantitative estimate of drug-likeness (QED) is 0.824. The number of aryl methyl sites for hydroxylation is 1. The number of methoxy groups -OCH3 is 1. The van der Waals surface area contributed by atoms with Crippen molar-refractivity contribution in [2.75, 3.05) is 7.11 Å². The average Bonchev–Trinajstić information content (AvgIpc) is 3.35. The Labute approximate surface area is 148 Å². The molecule has 2 aliphatic rings. The fourth-order valence-electron chi connectivity index (χ4n) is 4.14. The summed E-state index contributed by atoms with van der Waals surface area (Å²) in [5.74, 6) is 1.46. The minimum Gasteiger partial charge on any atom is -0.494 e. The molecule has 4 rings (SSSR count). The summed E-state index contributed by atoms with van der Waals surface area (Å²) in [5.41, 5.74) is 8.32. The van der Waals surface area contributed by atoms with Crippen molar-refractivity contribution >= 4 is 11.8 Å². The molecule has 2 N–H and O–H groups in total. The van der Waals surface area contributed by atoms with Crippen LogP contribution < -0.4 is 0 Å². The Balaban J connectivity index is 1.78. The highest BCUT2D eigenvalue weighted by Crippen LogP contribution is 2.39. The lowest BCUT2D eigenvalue weighted by Crippen LogP contribution is -2.08. The molecular formula is C21H25N3O. The third-order valence-corrected chi connectivity index (χ3v) is 5.41. The Morgan fingerprint density at radius 3 is 3.00 bits per heavy atom. The first kappa shape index (κ1) is 16.0. The number of rotatable bonds is 4. The molecule has 130 valence electrons. The van der Waals surface area contributed by atoms with Crippen LogP contribution in [0.1, 0.15) is 60.3 Å². The topological polar surface area (TPSA) is 53.2 Å². The number of hydrogen-bond acceptors (Lipinski definition) is 2. The van der Waals surface area contributed by atoms with Crippen LogP contribution in [-0.2, 0) is 11.2 Å². The highest BCUT2D eigenvalue weighted by Gasteiger charge is 2.26. The van der Waals surface area contributed by atoms with Gasteiger partial charge in [-0.05, 0) is 67.9 Å². The van der Waals surface area contributed by atoms with Crippen LogP contribution >= 0.6 is 0 Å². The molecule has 1 atom stereocenters. The van der Waals surface area contributed by atoms with E-state index in [2.05, 4.69) is 29.9 Å². The first-order valence-corrected chi connectivity index (χ1v) is 9.12. The van der Waals surface area contributed by atoms with Gasteiger partial charge in [0, 0.05) is 23.7 Å². The van der Waals surface area contributed by atoms with Crippen molar-refractivity contribution in [2.45, 2.75) is 45.4 Å².